The number of nitrogens with one attached hydrogen (secondary N) is 1. The van der Waals surface area contributed by atoms with Gasteiger partial charge in [-0.2, -0.15) is 4.98 Å². The third-order valence-electron chi connectivity index (χ3n) is 2.78. The molecule has 0 saturated carbocycles. The molecule has 0 aliphatic carbocycles. The van der Waals surface area contributed by atoms with Crippen LogP contribution in [0.2, 0.25) is 0 Å². The van der Waals surface area contributed by atoms with Crippen molar-refractivity contribution in [2.24, 2.45) is 0 Å². The Morgan fingerprint density at radius 2 is 2.05 bits per heavy atom. The molecule has 20 heavy (non-hydrogen) atoms. The molecular formula is C14H19N3O3. The summed E-state index contributed by atoms with van der Waals surface area (Å²) in [5.41, 5.74) is 0.747. The SMILES string of the molecule is COc1ccc(-c2nc(CNC(C)C)no2)c(OC)c1. The van der Waals surface area contributed by atoms with Crippen molar-refractivity contribution in [2.45, 2.75) is 26.4 Å². The van der Waals surface area contributed by atoms with Crippen molar-refractivity contribution in [3.63, 3.8) is 0 Å². The largest absolute Gasteiger partial charge is 0.497 e. The lowest BCUT2D eigenvalue weighted by atomic mass is 10.2. The monoisotopic (exact) mass is 277 g/mol. The fourth-order valence-electron chi connectivity index (χ4n) is 1.71. The van der Waals surface area contributed by atoms with Crippen LogP contribution in [0.1, 0.15) is 19.7 Å². The smallest absolute Gasteiger partial charge is 0.261 e. The van der Waals surface area contributed by atoms with Gasteiger partial charge in [0.15, 0.2) is 5.82 Å². The minimum absolute atomic E-state index is 0.368. The fourth-order valence-corrected chi connectivity index (χ4v) is 1.71. The number of hydrogen-bond acceptors (Lipinski definition) is 6. The van der Waals surface area contributed by atoms with Crippen molar-refractivity contribution in [2.75, 3.05) is 14.2 Å². The van der Waals surface area contributed by atoms with Crippen molar-refractivity contribution in [3.05, 3.63) is 24.0 Å². The lowest BCUT2D eigenvalue weighted by Gasteiger charge is -2.07. The Bertz CT molecular complexity index is 567. The highest BCUT2D eigenvalue weighted by Gasteiger charge is 2.14. The maximum atomic E-state index is 5.33. The van der Waals surface area contributed by atoms with Gasteiger partial charge in [0.05, 0.1) is 26.3 Å². The maximum absolute atomic E-state index is 5.33. The van der Waals surface area contributed by atoms with E-state index in [4.69, 9.17) is 14.0 Å². The van der Waals surface area contributed by atoms with Crippen LogP contribution >= 0.6 is 0 Å². The van der Waals surface area contributed by atoms with E-state index in [0.29, 0.717) is 35.8 Å². The van der Waals surface area contributed by atoms with Crippen molar-refractivity contribution in [1.29, 1.82) is 0 Å². The van der Waals surface area contributed by atoms with Crippen LogP contribution in [0.15, 0.2) is 22.7 Å². The van der Waals surface area contributed by atoms with Gasteiger partial charge >= 0.3 is 0 Å². The summed E-state index contributed by atoms with van der Waals surface area (Å²) in [4.78, 5) is 4.36. The van der Waals surface area contributed by atoms with Crippen LogP contribution in [-0.4, -0.2) is 30.4 Å². The average Bonchev–Trinajstić information content (AvgIpc) is 2.93. The molecule has 0 amide bonds. The summed E-state index contributed by atoms with van der Waals surface area (Å²) in [6.45, 7) is 4.70. The average molecular weight is 277 g/mol. The Kier molecular flexibility index (Phi) is 4.57. The summed E-state index contributed by atoms with van der Waals surface area (Å²) in [6, 6.07) is 5.82. The van der Waals surface area contributed by atoms with E-state index >= 15 is 0 Å². The van der Waals surface area contributed by atoms with Crippen LogP contribution in [0.5, 0.6) is 11.5 Å². The number of hydrogen-bond donors (Lipinski definition) is 1. The van der Waals surface area contributed by atoms with E-state index in [9.17, 15) is 0 Å². The van der Waals surface area contributed by atoms with Gasteiger partial charge in [-0.05, 0) is 12.1 Å². The zero-order chi connectivity index (χ0) is 14.5. The van der Waals surface area contributed by atoms with E-state index in [1.54, 1.807) is 20.3 Å². The first-order valence-electron chi connectivity index (χ1n) is 6.42. The summed E-state index contributed by atoms with van der Waals surface area (Å²) in [5.74, 6) is 2.40. The first-order valence-corrected chi connectivity index (χ1v) is 6.42. The van der Waals surface area contributed by atoms with Crippen LogP contribution in [0.4, 0.5) is 0 Å². The second kappa shape index (κ2) is 6.38. The molecule has 2 aromatic rings. The summed E-state index contributed by atoms with van der Waals surface area (Å²) >= 11 is 0. The van der Waals surface area contributed by atoms with Gasteiger partial charge in [0.25, 0.3) is 5.89 Å². The molecule has 0 atom stereocenters. The summed E-state index contributed by atoms with van der Waals surface area (Å²) in [7, 11) is 3.20. The molecule has 6 nitrogen and oxygen atoms in total. The molecule has 1 aromatic heterocycles. The van der Waals surface area contributed by atoms with Crippen LogP contribution < -0.4 is 14.8 Å². The predicted octanol–water partition coefficient (Wildman–Crippen LogP) is 2.25. The highest BCUT2D eigenvalue weighted by molar-refractivity contribution is 5.64. The van der Waals surface area contributed by atoms with Crippen LogP contribution in [0.3, 0.4) is 0 Å². The fraction of sp³-hybridized carbons (Fsp3) is 0.429. The van der Waals surface area contributed by atoms with Crippen LogP contribution in [0, 0.1) is 0 Å². The highest BCUT2D eigenvalue weighted by atomic mass is 16.5. The zero-order valence-corrected chi connectivity index (χ0v) is 12.1. The summed E-state index contributed by atoms with van der Waals surface area (Å²) in [5, 5.41) is 7.18. The molecule has 108 valence electrons. The van der Waals surface area contributed by atoms with Gasteiger partial charge in [-0.25, -0.2) is 0 Å². The van der Waals surface area contributed by atoms with Gasteiger partial charge in [0.1, 0.15) is 11.5 Å². The molecular weight excluding hydrogens is 258 g/mol. The molecule has 2 rings (SSSR count). The second-order valence-electron chi connectivity index (χ2n) is 4.62. The lowest BCUT2D eigenvalue weighted by Crippen LogP contribution is -2.22. The first-order chi connectivity index (χ1) is 9.63. The third kappa shape index (κ3) is 3.27. The molecule has 0 unspecified atom stereocenters. The normalized spacial score (nSPS) is 10.8. The topological polar surface area (TPSA) is 69.4 Å². The van der Waals surface area contributed by atoms with Crippen molar-refractivity contribution in [3.8, 4) is 23.0 Å². The minimum atomic E-state index is 0.368. The van der Waals surface area contributed by atoms with Crippen molar-refractivity contribution in [1.82, 2.24) is 15.5 Å². The Balaban J connectivity index is 2.23. The molecule has 0 spiro atoms. The molecule has 0 fully saturated rings. The van der Waals surface area contributed by atoms with E-state index in [0.717, 1.165) is 5.56 Å². The number of rotatable bonds is 6. The third-order valence-corrected chi connectivity index (χ3v) is 2.78. The van der Waals surface area contributed by atoms with Gasteiger partial charge in [0, 0.05) is 12.1 Å². The van der Waals surface area contributed by atoms with Gasteiger partial charge in [-0.1, -0.05) is 19.0 Å². The number of benzene rings is 1. The number of methoxy groups -OCH3 is 2. The van der Waals surface area contributed by atoms with E-state index in [-0.39, 0.29) is 0 Å². The van der Waals surface area contributed by atoms with Gasteiger partial charge in [0.2, 0.25) is 0 Å². The lowest BCUT2D eigenvalue weighted by molar-refractivity contribution is 0.389. The molecule has 6 heteroatoms. The first kappa shape index (κ1) is 14.3. The van der Waals surface area contributed by atoms with Gasteiger partial charge in [-0.3, -0.25) is 0 Å². The van der Waals surface area contributed by atoms with E-state index in [1.807, 2.05) is 12.1 Å². The second-order valence-corrected chi connectivity index (χ2v) is 4.62. The van der Waals surface area contributed by atoms with E-state index < -0.39 is 0 Å². The molecule has 0 bridgehead atoms. The Hall–Kier alpha value is -2.08. The number of ether oxygens (including phenoxy) is 2. The number of nitrogens with zero attached hydrogens (tertiary/aromatic N) is 2. The summed E-state index contributed by atoms with van der Waals surface area (Å²) in [6.07, 6.45) is 0. The highest BCUT2D eigenvalue weighted by Crippen LogP contribution is 2.32. The molecule has 0 aliphatic rings. The number of aromatic nitrogens is 2. The van der Waals surface area contributed by atoms with Crippen LogP contribution in [-0.2, 0) is 6.54 Å². The summed E-state index contributed by atoms with van der Waals surface area (Å²) < 4.78 is 15.8. The van der Waals surface area contributed by atoms with Gasteiger partial charge < -0.3 is 19.3 Å². The van der Waals surface area contributed by atoms with E-state index in [1.165, 1.54) is 0 Å². The predicted molar refractivity (Wildman–Crippen MR) is 74.8 cm³/mol. The van der Waals surface area contributed by atoms with Crippen LogP contribution in [0.25, 0.3) is 11.5 Å². The Labute approximate surface area is 118 Å². The molecule has 1 N–H and O–H groups in total. The minimum Gasteiger partial charge on any atom is -0.497 e. The zero-order valence-electron chi connectivity index (χ0n) is 12.1. The Morgan fingerprint density at radius 1 is 1.25 bits per heavy atom. The molecule has 0 radical (unpaired) electrons. The van der Waals surface area contributed by atoms with Crippen molar-refractivity contribution < 1.29 is 14.0 Å². The van der Waals surface area contributed by atoms with Crippen molar-refractivity contribution >= 4 is 0 Å². The van der Waals surface area contributed by atoms with E-state index in [2.05, 4.69) is 29.3 Å². The standard InChI is InChI=1S/C14H19N3O3/c1-9(2)15-8-13-16-14(20-17-13)11-6-5-10(18-3)7-12(11)19-4/h5-7,9,15H,8H2,1-4H3. The maximum Gasteiger partial charge on any atom is 0.261 e. The Morgan fingerprint density at radius 3 is 2.70 bits per heavy atom. The molecule has 0 saturated heterocycles. The van der Waals surface area contributed by atoms with Gasteiger partial charge in [-0.15, -0.1) is 0 Å². The molecule has 1 aromatic carbocycles. The molecule has 0 aliphatic heterocycles. The molecule has 1 heterocycles. The quantitative estimate of drug-likeness (QED) is 0.873.